The van der Waals surface area contributed by atoms with Crippen LogP contribution < -0.4 is 0 Å². The van der Waals surface area contributed by atoms with Crippen molar-refractivity contribution in [2.24, 2.45) is 0 Å². The second-order valence-corrected chi connectivity index (χ2v) is 8.10. The SMILES string of the molecule is N#Cc1cc2nc3cc(C4=C(O)c5ccccc5C(=O)C4=O)c4ccccc4c3nc2cc1C#N. The summed E-state index contributed by atoms with van der Waals surface area (Å²) in [6.07, 6.45) is 0. The van der Waals surface area contributed by atoms with Gasteiger partial charge >= 0.3 is 0 Å². The monoisotopic (exact) mass is 452 g/mol. The number of nitriles is 2. The van der Waals surface area contributed by atoms with Crippen LogP contribution in [0.3, 0.4) is 0 Å². The molecule has 0 aliphatic heterocycles. The molecule has 0 saturated heterocycles. The molecule has 0 fully saturated rings. The van der Waals surface area contributed by atoms with Gasteiger partial charge < -0.3 is 5.11 Å². The van der Waals surface area contributed by atoms with Crippen molar-refractivity contribution >= 4 is 55.7 Å². The van der Waals surface area contributed by atoms with E-state index >= 15 is 0 Å². The van der Waals surface area contributed by atoms with Gasteiger partial charge in [-0.2, -0.15) is 10.5 Å². The summed E-state index contributed by atoms with van der Waals surface area (Å²) in [6, 6.07) is 22.3. The highest BCUT2D eigenvalue weighted by molar-refractivity contribution is 6.62. The molecule has 0 saturated carbocycles. The molecule has 0 bridgehead atoms. The van der Waals surface area contributed by atoms with E-state index in [2.05, 4.69) is 4.98 Å². The normalized spacial score (nSPS) is 13.2. The molecule has 0 unspecified atom stereocenters. The molecule has 0 atom stereocenters. The van der Waals surface area contributed by atoms with E-state index in [1.165, 1.54) is 18.2 Å². The number of carbonyl (C=O) groups excluding carboxylic acids is 2. The van der Waals surface area contributed by atoms with Crippen molar-refractivity contribution in [3.05, 3.63) is 94.5 Å². The maximum atomic E-state index is 13.2. The fourth-order valence-corrected chi connectivity index (χ4v) is 4.56. The summed E-state index contributed by atoms with van der Waals surface area (Å²) in [4.78, 5) is 35.4. The maximum Gasteiger partial charge on any atom is 0.237 e. The lowest BCUT2D eigenvalue weighted by atomic mass is 9.83. The summed E-state index contributed by atoms with van der Waals surface area (Å²) in [5.74, 6) is -1.76. The third kappa shape index (κ3) is 2.83. The van der Waals surface area contributed by atoms with Gasteiger partial charge in [0, 0.05) is 16.5 Å². The molecule has 6 rings (SSSR count). The number of hydrogen-bond acceptors (Lipinski definition) is 7. The Morgan fingerprint density at radius 2 is 1.26 bits per heavy atom. The van der Waals surface area contributed by atoms with Gasteiger partial charge in [-0.25, -0.2) is 9.97 Å². The van der Waals surface area contributed by atoms with Gasteiger partial charge in [-0.05, 0) is 29.1 Å². The lowest BCUT2D eigenvalue weighted by molar-refractivity contribution is -0.110. The van der Waals surface area contributed by atoms with Crippen LogP contribution in [0, 0.1) is 22.7 Å². The molecular weight excluding hydrogens is 440 g/mol. The first-order chi connectivity index (χ1) is 17.0. The van der Waals surface area contributed by atoms with Crippen molar-refractivity contribution in [1.82, 2.24) is 9.97 Å². The second-order valence-electron chi connectivity index (χ2n) is 8.10. The standard InChI is InChI=1S/C28H12N4O3/c29-12-14-9-21-22(10-15(14)13-30)32-25-17-6-2-1-5-16(17)20(11-23(25)31-21)24-26(33)18-7-3-4-8-19(18)27(34)28(24)35/h1-11,33H. The molecule has 7 heteroatoms. The molecule has 7 nitrogen and oxygen atoms in total. The molecule has 4 aromatic carbocycles. The summed E-state index contributed by atoms with van der Waals surface area (Å²) in [5.41, 5.74) is 2.91. The van der Waals surface area contributed by atoms with E-state index in [0.717, 1.165) is 0 Å². The van der Waals surface area contributed by atoms with Crippen LogP contribution >= 0.6 is 0 Å². The van der Waals surface area contributed by atoms with Crippen molar-refractivity contribution < 1.29 is 14.7 Å². The largest absolute Gasteiger partial charge is 0.506 e. The van der Waals surface area contributed by atoms with Crippen LogP contribution in [0.2, 0.25) is 0 Å². The Hall–Kier alpha value is -5.40. The molecule has 1 N–H and O–H groups in total. The Balaban J connectivity index is 1.74. The first-order valence-corrected chi connectivity index (χ1v) is 10.6. The number of fused-ring (bicyclic) bond motifs is 5. The Morgan fingerprint density at radius 3 is 1.94 bits per heavy atom. The van der Waals surface area contributed by atoms with E-state index in [0.29, 0.717) is 44.0 Å². The molecule has 1 aliphatic rings. The Bertz CT molecular complexity index is 1920. The lowest BCUT2D eigenvalue weighted by Crippen LogP contribution is -2.23. The molecule has 5 aromatic rings. The van der Waals surface area contributed by atoms with Crippen molar-refractivity contribution in [1.29, 1.82) is 10.5 Å². The smallest absolute Gasteiger partial charge is 0.237 e. The summed E-state index contributed by atoms with van der Waals surface area (Å²) in [7, 11) is 0. The number of benzene rings is 4. The van der Waals surface area contributed by atoms with Gasteiger partial charge in [-0.3, -0.25) is 9.59 Å². The number of hydrogen-bond donors (Lipinski definition) is 1. The summed E-state index contributed by atoms with van der Waals surface area (Å²) in [6.45, 7) is 0. The average molecular weight is 452 g/mol. The predicted molar refractivity (Wildman–Crippen MR) is 129 cm³/mol. The third-order valence-corrected chi connectivity index (χ3v) is 6.19. The minimum atomic E-state index is -0.801. The third-order valence-electron chi connectivity index (χ3n) is 6.19. The van der Waals surface area contributed by atoms with Crippen molar-refractivity contribution in [3.8, 4) is 12.1 Å². The van der Waals surface area contributed by atoms with Crippen LogP contribution in [0.15, 0.2) is 66.7 Å². The van der Waals surface area contributed by atoms with Gasteiger partial charge in [-0.1, -0.05) is 48.5 Å². The highest BCUT2D eigenvalue weighted by Crippen LogP contribution is 2.38. The first kappa shape index (κ1) is 20.2. The molecule has 0 amide bonds. The topological polar surface area (TPSA) is 128 Å². The number of nitrogens with zero attached hydrogens (tertiary/aromatic N) is 4. The Labute approximate surface area is 197 Å². The van der Waals surface area contributed by atoms with E-state index < -0.39 is 11.6 Å². The Kier molecular flexibility index (Phi) is 4.22. The number of rotatable bonds is 1. The fraction of sp³-hybridized carbons (Fsp3) is 0. The summed E-state index contributed by atoms with van der Waals surface area (Å²) >= 11 is 0. The molecule has 162 valence electrons. The van der Waals surface area contributed by atoms with Crippen LogP contribution in [0.1, 0.15) is 32.6 Å². The minimum absolute atomic E-state index is 0.0914. The minimum Gasteiger partial charge on any atom is -0.506 e. The molecular formula is C28H12N4O3. The number of ketones is 2. The number of allylic oxidation sites excluding steroid dienone is 1. The first-order valence-electron chi connectivity index (χ1n) is 10.6. The van der Waals surface area contributed by atoms with Crippen LogP contribution in [0.25, 0.3) is 44.2 Å². The molecule has 35 heavy (non-hydrogen) atoms. The maximum absolute atomic E-state index is 13.2. The second kappa shape index (κ2) is 7.31. The van der Waals surface area contributed by atoms with Crippen LogP contribution in [0.5, 0.6) is 0 Å². The summed E-state index contributed by atoms with van der Waals surface area (Å²) in [5, 5.41) is 31.1. The van der Waals surface area contributed by atoms with Crippen LogP contribution in [-0.4, -0.2) is 26.6 Å². The van der Waals surface area contributed by atoms with Crippen molar-refractivity contribution in [2.45, 2.75) is 0 Å². The predicted octanol–water partition coefficient (Wildman–Crippen LogP) is 4.87. The van der Waals surface area contributed by atoms with E-state index in [-0.39, 0.29) is 28.0 Å². The number of carbonyl (C=O) groups is 2. The number of aromatic nitrogens is 2. The van der Waals surface area contributed by atoms with Crippen molar-refractivity contribution in [3.63, 3.8) is 0 Å². The molecule has 1 aromatic heterocycles. The van der Waals surface area contributed by atoms with Gasteiger partial charge in [0.1, 0.15) is 17.9 Å². The van der Waals surface area contributed by atoms with E-state index in [1.807, 2.05) is 24.3 Å². The molecule has 1 aliphatic carbocycles. The zero-order chi connectivity index (χ0) is 24.3. The van der Waals surface area contributed by atoms with E-state index in [1.54, 1.807) is 36.4 Å². The summed E-state index contributed by atoms with van der Waals surface area (Å²) < 4.78 is 0. The molecule has 0 spiro atoms. The zero-order valence-electron chi connectivity index (χ0n) is 17.9. The van der Waals surface area contributed by atoms with Gasteiger partial charge in [0.05, 0.1) is 38.8 Å². The highest BCUT2D eigenvalue weighted by atomic mass is 16.3. The average Bonchev–Trinajstić information content (AvgIpc) is 2.90. The number of Topliss-reactive ketones (excluding diaryl/α,β-unsaturated/α-hetero) is 2. The van der Waals surface area contributed by atoms with Gasteiger partial charge in [0.15, 0.2) is 0 Å². The number of aliphatic hydroxyl groups is 1. The van der Waals surface area contributed by atoms with E-state index in [4.69, 9.17) is 4.98 Å². The zero-order valence-corrected chi connectivity index (χ0v) is 17.9. The van der Waals surface area contributed by atoms with Crippen molar-refractivity contribution in [2.75, 3.05) is 0 Å². The van der Waals surface area contributed by atoms with Gasteiger partial charge in [0.25, 0.3) is 0 Å². The van der Waals surface area contributed by atoms with Crippen LogP contribution in [0.4, 0.5) is 0 Å². The molecule has 0 radical (unpaired) electrons. The van der Waals surface area contributed by atoms with Crippen LogP contribution in [-0.2, 0) is 4.79 Å². The Morgan fingerprint density at radius 1 is 0.657 bits per heavy atom. The van der Waals surface area contributed by atoms with Gasteiger partial charge in [-0.15, -0.1) is 0 Å². The fourth-order valence-electron chi connectivity index (χ4n) is 4.56. The highest BCUT2D eigenvalue weighted by Gasteiger charge is 2.34. The lowest BCUT2D eigenvalue weighted by Gasteiger charge is -2.19. The quantitative estimate of drug-likeness (QED) is 0.218. The number of aliphatic hydroxyl groups excluding tert-OH is 1. The van der Waals surface area contributed by atoms with Gasteiger partial charge in [0.2, 0.25) is 11.6 Å². The van der Waals surface area contributed by atoms with E-state index in [9.17, 15) is 25.2 Å². The molecule has 1 heterocycles.